The third-order valence-corrected chi connectivity index (χ3v) is 4.76. The van der Waals surface area contributed by atoms with Crippen molar-refractivity contribution in [2.75, 3.05) is 44.8 Å². The molecule has 2 saturated heterocycles. The van der Waals surface area contributed by atoms with Crippen LogP contribution in [0.1, 0.15) is 24.8 Å². The average Bonchev–Trinajstić information content (AvgIpc) is 3.09. The summed E-state index contributed by atoms with van der Waals surface area (Å²) >= 11 is 0. The Bertz CT molecular complexity index is 533. The van der Waals surface area contributed by atoms with E-state index in [0.29, 0.717) is 19.0 Å². The molecular formula is C18H29Cl2N3O2. The van der Waals surface area contributed by atoms with Crippen molar-refractivity contribution in [3.8, 4) is 0 Å². The lowest BCUT2D eigenvalue weighted by molar-refractivity contribution is -0.130. The van der Waals surface area contributed by atoms with Crippen LogP contribution in [0.5, 0.6) is 0 Å². The molecule has 0 aromatic heterocycles. The maximum Gasteiger partial charge on any atom is 0.224 e. The predicted molar refractivity (Wildman–Crippen MR) is 106 cm³/mol. The number of hydrogen-bond donors (Lipinski definition) is 1. The molecule has 1 atom stereocenters. The Kier molecular flexibility index (Phi) is 9.57. The minimum absolute atomic E-state index is 0. The van der Waals surface area contributed by atoms with Gasteiger partial charge in [0, 0.05) is 44.8 Å². The second-order valence-electron chi connectivity index (χ2n) is 6.48. The van der Waals surface area contributed by atoms with Crippen LogP contribution in [0.3, 0.4) is 0 Å². The molecule has 2 aliphatic heterocycles. The Morgan fingerprint density at radius 1 is 1.28 bits per heavy atom. The molecule has 2 heterocycles. The molecule has 2 aliphatic rings. The van der Waals surface area contributed by atoms with Crippen LogP contribution in [0.15, 0.2) is 24.3 Å². The van der Waals surface area contributed by atoms with Crippen LogP contribution in [0.25, 0.3) is 0 Å². The number of hydrogen-bond acceptors (Lipinski definition) is 4. The summed E-state index contributed by atoms with van der Waals surface area (Å²) in [5.41, 5.74) is 2.44. The van der Waals surface area contributed by atoms with Crippen LogP contribution < -0.4 is 10.2 Å². The molecule has 1 unspecified atom stereocenters. The van der Waals surface area contributed by atoms with E-state index in [4.69, 9.17) is 4.74 Å². The van der Waals surface area contributed by atoms with Crippen LogP contribution in [0.4, 0.5) is 5.69 Å². The summed E-state index contributed by atoms with van der Waals surface area (Å²) in [7, 11) is 1.91. The number of carbonyl (C=O) groups excluding carboxylic acids is 1. The molecule has 2 fully saturated rings. The van der Waals surface area contributed by atoms with Gasteiger partial charge in [-0.1, -0.05) is 18.2 Å². The minimum Gasteiger partial charge on any atom is -0.378 e. The molecule has 1 aromatic rings. The predicted octanol–water partition coefficient (Wildman–Crippen LogP) is 2.47. The first-order chi connectivity index (χ1) is 11.2. The number of nitrogens with one attached hydrogen (secondary N) is 1. The summed E-state index contributed by atoms with van der Waals surface area (Å²) in [6, 6.07) is 8.76. The van der Waals surface area contributed by atoms with Gasteiger partial charge in [0.2, 0.25) is 5.91 Å². The summed E-state index contributed by atoms with van der Waals surface area (Å²) in [5, 5.41) is 3.40. The van der Waals surface area contributed by atoms with Crippen LogP contribution in [-0.2, 0) is 16.1 Å². The molecule has 1 N–H and O–H groups in total. The van der Waals surface area contributed by atoms with Gasteiger partial charge in [-0.25, -0.2) is 0 Å². The van der Waals surface area contributed by atoms with Crippen LogP contribution >= 0.6 is 24.8 Å². The van der Waals surface area contributed by atoms with E-state index in [1.807, 2.05) is 11.9 Å². The Morgan fingerprint density at radius 3 is 2.68 bits per heavy atom. The van der Waals surface area contributed by atoms with Crippen molar-refractivity contribution >= 4 is 36.4 Å². The first kappa shape index (κ1) is 22.0. The highest BCUT2D eigenvalue weighted by Gasteiger charge is 2.21. The largest absolute Gasteiger partial charge is 0.378 e. The van der Waals surface area contributed by atoms with Crippen molar-refractivity contribution in [3.05, 3.63) is 29.8 Å². The fraction of sp³-hybridized carbons (Fsp3) is 0.611. The van der Waals surface area contributed by atoms with Gasteiger partial charge in [-0.2, -0.15) is 0 Å². The molecule has 5 nitrogen and oxygen atoms in total. The summed E-state index contributed by atoms with van der Waals surface area (Å²) in [5.74, 6) is 0.223. The van der Waals surface area contributed by atoms with Gasteiger partial charge in [0.25, 0.3) is 0 Å². The molecule has 7 heteroatoms. The number of rotatable bonds is 5. The van der Waals surface area contributed by atoms with Crippen LogP contribution in [-0.4, -0.2) is 56.7 Å². The molecule has 25 heavy (non-hydrogen) atoms. The van der Waals surface area contributed by atoms with Gasteiger partial charge in [0.05, 0.1) is 13.2 Å². The van der Waals surface area contributed by atoms with E-state index in [1.165, 1.54) is 17.7 Å². The summed E-state index contributed by atoms with van der Waals surface area (Å²) < 4.78 is 5.44. The first-order valence-corrected chi connectivity index (χ1v) is 8.62. The molecule has 3 rings (SSSR count). The molecule has 1 aromatic carbocycles. The van der Waals surface area contributed by atoms with Gasteiger partial charge in [-0.05, 0) is 31.0 Å². The van der Waals surface area contributed by atoms with E-state index in [9.17, 15) is 4.79 Å². The molecular weight excluding hydrogens is 361 g/mol. The second-order valence-corrected chi connectivity index (χ2v) is 6.48. The van der Waals surface area contributed by atoms with Gasteiger partial charge < -0.3 is 19.9 Å². The Balaban J connectivity index is 0.00000156. The van der Waals surface area contributed by atoms with E-state index in [-0.39, 0.29) is 30.7 Å². The maximum atomic E-state index is 12.4. The molecule has 142 valence electrons. The lowest BCUT2D eigenvalue weighted by Gasteiger charge is -2.31. The molecule has 1 amide bonds. The normalized spacial score (nSPS) is 19.7. The Labute approximate surface area is 162 Å². The Hall–Kier alpha value is -1.01. The zero-order valence-corrected chi connectivity index (χ0v) is 16.4. The number of anilines is 1. The number of ether oxygens (including phenoxy) is 1. The topological polar surface area (TPSA) is 44.8 Å². The third kappa shape index (κ3) is 6.03. The average molecular weight is 390 g/mol. The number of morpholine rings is 1. The summed E-state index contributed by atoms with van der Waals surface area (Å²) in [6.07, 6.45) is 2.90. The van der Waals surface area contributed by atoms with E-state index in [1.54, 1.807) is 0 Å². The fourth-order valence-electron chi connectivity index (χ4n) is 3.40. The number of nitrogens with zero attached hydrogens (tertiary/aromatic N) is 2. The summed E-state index contributed by atoms with van der Waals surface area (Å²) in [4.78, 5) is 16.7. The minimum atomic E-state index is 0. The van der Waals surface area contributed by atoms with Crippen LogP contribution in [0, 0.1) is 0 Å². The van der Waals surface area contributed by atoms with E-state index < -0.39 is 0 Å². The number of para-hydroxylation sites is 1. The fourth-order valence-corrected chi connectivity index (χ4v) is 3.40. The molecule has 0 spiro atoms. The SMILES string of the molecule is CN(Cc1ccccc1N1CCOCC1)C(=O)CC1CCCN1.Cl.Cl. The zero-order chi connectivity index (χ0) is 16.1. The highest BCUT2D eigenvalue weighted by molar-refractivity contribution is 5.85. The maximum absolute atomic E-state index is 12.4. The zero-order valence-electron chi connectivity index (χ0n) is 14.8. The number of carbonyl (C=O) groups is 1. The third-order valence-electron chi connectivity index (χ3n) is 4.76. The monoisotopic (exact) mass is 389 g/mol. The highest BCUT2D eigenvalue weighted by Crippen LogP contribution is 2.23. The number of amides is 1. The summed E-state index contributed by atoms with van der Waals surface area (Å²) in [6.45, 7) is 5.09. The van der Waals surface area contributed by atoms with E-state index >= 15 is 0 Å². The van der Waals surface area contributed by atoms with Gasteiger partial charge in [0.15, 0.2) is 0 Å². The second kappa shape index (κ2) is 10.9. The van der Waals surface area contributed by atoms with Gasteiger partial charge in [0.1, 0.15) is 0 Å². The standard InChI is InChI=1S/C18H27N3O2.2ClH/c1-20(18(22)13-16-6-4-8-19-16)14-15-5-2-3-7-17(15)21-9-11-23-12-10-21;;/h2-3,5,7,16,19H,4,6,8-14H2,1H3;2*1H. The van der Waals surface area contributed by atoms with Crippen molar-refractivity contribution in [2.24, 2.45) is 0 Å². The number of halogens is 2. The van der Waals surface area contributed by atoms with Crippen molar-refractivity contribution in [3.63, 3.8) is 0 Å². The smallest absolute Gasteiger partial charge is 0.224 e. The highest BCUT2D eigenvalue weighted by atomic mass is 35.5. The number of benzene rings is 1. The van der Waals surface area contributed by atoms with Gasteiger partial charge >= 0.3 is 0 Å². The van der Waals surface area contributed by atoms with E-state index in [0.717, 1.165) is 39.3 Å². The van der Waals surface area contributed by atoms with Gasteiger partial charge in [-0.15, -0.1) is 24.8 Å². The molecule has 0 saturated carbocycles. The molecule has 0 aliphatic carbocycles. The molecule has 0 radical (unpaired) electrons. The van der Waals surface area contributed by atoms with Crippen molar-refractivity contribution in [2.45, 2.75) is 31.8 Å². The quantitative estimate of drug-likeness (QED) is 0.839. The lowest BCUT2D eigenvalue weighted by Crippen LogP contribution is -2.37. The Morgan fingerprint density at radius 2 is 2.00 bits per heavy atom. The van der Waals surface area contributed by atoms with Crippen molar-refractivity contribution < 1.29 is 9.53 Å². The van der Waals surface area contributed by atoms with E-state index in [2.05, 4.69) is 34.5 Å². The first-order valence-electron chi connectivity index (χ1n) is 8.62. The lowest BCUT2D eigenvalue weighted by atomic mass is 10.1. The van der Waals surface area contributed by atoms with Crippen molar-refractivity contribution in [1.82, 2.24) is 10.2 Å². The van der Waals surface area contributed by atoms with Crippen molar-refractivity contribution in [1.29, 1.82) is 0 Å². The van der Waals surface area contributed by atoms with Crippen LogP contribution in [0.2, 0.25) is 0 Å². The molecule has 0 bridgehead atoms. The van der Waals surface area contributed by atoms with Gasteiger partial charge in [-0.3, -0.25) is 4.79 Å².